The first-order valence-electron chi connectivity index (χ1n) is 6.64. The van der Waals surface area contributed by atoms with E-state index in [1.54, 1.807) is 0 Å². The zero-order chi connectivity index (χ0) is 12.2. The highest BCUT2D eigenvalue weighted by Crippen LogP contribution is 2.33. The molecule has 1 N–H and O–H groups in total. The molecule has 0 amide bonds. The van der Waals surface area contributed by atoms with Gasteiger partial charge in [-0.15, -0.1) is 0 Å². The van der Waals surface area contributed by atoms with Crippen molar-refractivity contribution in [2.75, 3.05) is 31.3 Å². The van der Waals surface area contributed by atoms with E-state index in [2.05, 4.69) is 17.4 Å². The Hall–Kier alpha value is -0.870. The van der Waals surface area contributed by atoms with Crippen LogP contribution in [0.15, 0.2) is 18.2 Å². The number of hydrogen-bond acceptors (Lipinski definition) is 4. The zero-order valence-corrected chi connectivity index (χ0v) is 11.3. The molecule has 2 aliphatic heterocycles. The van der Waals surface area contributed by atoms with Gasteiger partial charge in [0.1, 0.15) is 0 Å². The van der Waals surface area contributed by atoms with Gasteiger partial charge in [0.15, 0.2) is 11.5 Å². The van der Waals surface area contributed by atoms with Crippen molar-refractivity contribution in [2.24, 2.45) is 0 Å². The van der Waals surface area contributed by atoms with Crippen LogP contribution in [0, 0.1) is 0 Å². The van der Waals surface area contributed by atoms with Gasteiger partial charge in [-0.1, -0.05) is 6.07 Å². The summed E-state index contributed by atoms with van der Waals surface area (Å²) in [4.78, 5) is 0. The van der Waals surface area contributed by atoms with E-state index >= 15 is 0 Å². The molecule has 1 atom stereocenters. The fourth-order valence-electron chi connectivity index (χ4n) is 2.32. The largest absolute Gasteiger partial charge is 0.490 e. The lowest BCUT2D eigenvalue weighted by Gasteiger charge is -2.17. The first kappa shape index (κ1) is 12.2. The van der Waals surface area contributed by atoms with Crippen molar-refractivity contribution in [3.05, 3.63) is 23.8 Å². The maximum atomic E-state index is 5.75. The lowest BCUT2D eigenvalue weighted by Crippen LogP contribution is -2.22. The molecule has 1 aromatic carbocycles. The van der Waals surface area contributed by atoms with E-state index < -0.39 is 0 Å². The molecule has 2 aliphatic rings. The van der Waals surface area contributed by atoms with E-state index in [1.165, 1.54) is 17.7 Å². The summed E-state index contributed by atoms with van der Waals surface area (Å²) >= 11 is 2.03. The average Bonchev–Trinajstić information content (AvgIpc) is 2.80. The van der Waals surface area contributed by atoms with Crippen LogP contribution >= 0.6 is 11.8 Å². The Morgan fingerprint density at radius 1 is 1.11 bits per heavy atom. The van der Waals surface area contributed by atoms with Crippen molar-refractivity contribution in [1.29, 1.82) is 0 Å². The molecule has 2 heterocycles. The lowest BCUT2D eigenvalue weighted by molar-refractivity contribution is 0.297. The minimum Gasteiger partial charge on any atom is -0.490 e. The summed E-state index contributed by atoms with van der Waals surface area (Å²) in [6.07, 6.45) is 2.22. The van der Waals surface area contributed by atoms with Crippen LogP contribution in [-0.2, 0) is 0 Å². The smallest absolute Gasteiger partial charge is 0.161 e. The van der Waals surface area contributed by atoms with Crippen molar-refractivity contribution in [3.8, 4) is 11.5 Å². The number of thioether (sulfide) groups is 1. The van der Waals surface area contributed by atoms with Gasteiger partial charge in [0.2, 0.25) is 0 Å². The predicted molar refractivity (Wildman–Crippen MR) is 74.7 cm³/mol. The fourth-order valence-corrected chi connectivity index (χ4v) is 3.38. The Bertz CT molecular complexity index is 403. The van der Waals surface area contributed by atoms with Crippen LogP contribution < -0.4 is 14.8 Å². The van der Waals surface area contributed by atoms with Crippen molar-refractivity contribution in [3.63, 3.8) is 0 Å². The SMILES string of the molecule is c1cc2c(cc1C1CSCCCN1)OCCCO2. The van der Waals surface area contributed by atoms with Crippen LogP contribution in [0.3, 0.4) is 0 Å². The fraction of sp³-hybridized carbons (Fsp3) is 0.571. The van der Waals surface area contributed by atoms with E-state index in [1.807, 2.05) is 17.8 Å². The van der Waals surface area contributed by atoms with E-state index in [0.29, 0.717) is 6.04 Å². The van der Waals surface area contributed by atoms with Gasteiger partial charge in [0.05, 0.1) is 13.2 Å². The standard InChI is InChI=1S/C14H19NO2S/c1-5-15-12(10-18-8-1)11-3-4-13-14(9-11)17-7-2-6-16-13/h3-4,9,12,15H,1-2,5-8,10H2. The van der Waals surface area contributed by atoms with Crippen LogP contribution in [0.25, 0.3) is 0 Å². The van der Waals surface area contributed by atoms with Gasteiger partial charge >= 0.3 is 0 Å². The molecule has 1 aromatic rings. The minimum absolute atomic E-state index is 0.439. The molecule has 0 saturated carbocycles. The van der Waals surface area contributed by atoms with Gasteiger partial charge in [-0.3, -0.25) is 0 Å². The highest BCUT2D eigenvalue weighted by molar-refractivity contribution is 7.99. The summed E-state index contributed by atoms with van der Waals surface area (Å²) in [7, 11) is 0. The monoisotopic (exact) mass is 265 g/mol. The van der Waals surface area contributed by atoms with Gasteiger partial charge in [0, 0.05) is 18.2 Å². The zero-order valence-electron chi connectivity index (χ0n) is 10.5. The van der Waals surface area contributed by atoms with E-state index in [0.717, 1.165) is 43.4 Å². The second-order valence-corrected chi connectivity index (χ2v) is 5.84. The highest BCUT2D eigenvalue weighted by Gasteiger charge is 2.17. The molecule has 0 radical (unpaired) electrons. The van der Waals surface area contributed by atoms with Crippen LogP contribution in [0.4, 0.5) is 0 Å². The molecular formula is C14H19NO2S. The van der Waals surface area contributed by atoms with Crippen LogP contribution in [0.2, 0.25) is 0 Å². The first-order chi connectivity index (χ1) is 8.93. The number of rotatable bonds is 1. The molecule has 1 fully saturated rings. The molecule has 98 valence electrons. The summed E-state index contributed by atoms with van der Waals surface area (Å²) in [6, 6.07) is 6.80. The molecule has 3 nitrogen and oxygen atoms in total. The topological polar surface area (TPSA) is 30.5 Å². The Morgan fingerprint density at radius 2 is 2.00 bits per heavy atom. The van der Waals surface area contributed by atoms with Crippen molar-refractivity contribution >= 4 is 11.8 Å². The summed E-state index contributed by atoms with van der Waals surface area (Å²) < 4.78 is 11.4. The maximum Gasteiger partial charge on any atom is 0.161 e. The number of benzene rings is 1. The molecule has 0 aromatic heterocycles. The van der Waals surface area contributed by atoms with Crippen molar-refractivity contribution in [2.45, 2.75) is 18.9 Å². The number of nitrogens with one attached hydrogen (secondary N) is 1. The minimum atomic E-state index is 0.439. The molecule has 4 heteroatoms. The second-order valence-electron chi connectivity index (χ2n) is 4.69. The second kappa shape index (κ2) is 5.85. The Balaban J connectivity index is 1.81. The maximum absolute atomic E-state index is 5.75. The Morgan fingerprint density at radius 3 is 2.94 bits per heavy atom. The third-order valence-corrected chi connectivity index (χ3v) is 4.46. The van der Waals surface area contributed by atoms with Gasteiger partial charge in [-0.25, -0.2) is 0 Å². The lowest BCUT2D eigenvalue weighted by atomic mass is 10.1. The molecule has 0 aliphatic carbocycles. The van der Waals surface area contributed by atoms with Gasteiger partial charge in [0.25, 0.3) is 0 Å². The molecular weight excluding hydrogens is 246 g/mol. The molecule has 1 unspecified atom stereocenters. The summed E-state index contributed by atoms with van der Waals surface area (Å²) in [5, 5.41) is 3.60. The van der Waals surface area contributed by atoms with Gasteiger partial charge < -0.3 is 14.8 Å². The van der Waals surface area contributed by atoms with Crippen LogP contribution in [0.1, 0.15) is 24.4 Å². The molecule has 3 rings (SSSR count). The number of hydrogen-bond donors (Lipinski definition) is 1. The van der Waals surface area contributed by atoms with Gasteiger partial charge in [-0.2, -0.15) is 11.8 Å². The average molecular weight is 265 g/mol. The normalized spacial score (nSPS) is 24.1. The summed E-state index contributed by atoms with van der Waals surface area (Å²) in [6.45, 7) is 2.61. The molecule has 18 heavy (non-hydrogen) atoms. The van der Waals surface area contributed by atoms with Crippen LogP contribution in [-0.4, -0.2) is 31.3 Å². The van der Waals surface area contributed by atoms with Gasteiger partial charge in [-0.05, 0) is 36.4 Å². The summed E-state index contributed by atoms with van der Waals surface area (Å²) in [5.41, 5.74) is 1.31. The summed E-state index contributed by atoms with van der Waals surface area (Å²) in [5.74, 6) is 4.19. The van der Waals surface area contributed by atoms with E-state index in [4.69, 9.17) is 9.47 Å². The van der Waals surface area contributed by atoms with E-state index in [-0.39, 0.29) is 0 Å². The molecule has 0 bridgehead atoms. The Labute approximate surface area is 112 Å². The van der Waals surface area contributed by atoms with E-state index in [9.17, 15) is 0 Å². The predicted octanol–water partition coefficient (Wildman–Crippen LogP) is 2.62. The molecule has 0 spiro atoms. The van der Waals surface area contributed by atoms with Crippen LogP contribution in [0.5, 0.6) is 11.5 Å². The van der Waals surface area contributed by atoms with Crippen molar-refractivity contribution in [1.82, 2.24) is 5.32 Å². The van der Waals surface area contributed by atoms with Crippen molar-refractivity contribution < 1.29 is 9.47 Å². The molecule has 1 saturated heterocycles. The first-order valence-corrected chi connectivity index (χ1v) is 7.79. The quantitative estimate of drug-likeness (QED) is 0.845. The number of ether oxygens (including phenoxy) is 2. The Kier molecular flexibility index (Phi) is 3.96. The number of fused-ring (bicyclic) bond motifs is 1. The highest BCUT2D eigenvalue weighted by atomic mass is 32.2. The third kappa shape index (κ3) is 2.75. The third-order valence-electron chi connectivity index (χ3n) is 3.31.